The molecule has 0 saturated heterocycles. The van der Waals surface area contributed by atoms with Gasteiger partial charge in [-0.05, 0) is 18.2 Å². The zero-order valence-corrected chi connectivity index (χ0v) is 16.7. The number of halogens is 1. The van der Waals surface area contributed by atoms with E-state index in [1.165, 1.54) is 17.4 Å². The van der Waals surface area contributed by atoms with Crippen molar-refractivity contribution in [1.29, 1.82) is 0 Å². The van der Waals surface area contributed by atoms with E-state index in [9.17, 15) is 19.7 Å². The number of non-ortho nitro benzene ring substituents is 1. The Hall–Kier alpha value is -3.11. The Morgan fingerprint density at radius 1 is 1.18 bits per heavy atom. The van der Waals surface area contributed by atoms with Crippen molar-refractivity contribution in [2.45, 2.75) is 0 Å². The van der Waals surface area contributed by atoms with Crippen LogP contribution in [0, 0.1) is 10.1 Å². The number of benzene rings is 2. The molecule has 1 heterocycles. The molecule has 1 aromatic heterocycles. The summed E-state index contributed by atoms with van der Waals surface area (Å²) in [5.41, 5.74) is 1.04. The van der Waals surface area contributed by atoms with E-state index in [1.54, 1.807) is 5.38 Å². The molecular weight excluding hydrogens is 450 g/mol. The number of carbonyl (C=O) groups excluding carboxylic acids is 2. The van der Waals surface area contributed by atoms with Gasteiger partial charge in [0.05, 0.1) is 23.3 Å². The number of aromatic nitrogens is 1. The number of rotatable bonds is 5. The van der Waals surface area contributed by atoms with Gasteiger partial charge in [0.1, 0.15) is 0 Å². The molecule has 0 radical (unpaired) electrons. The van der Waals surface area contributed by atoms with Crippen LogP contribution >= 0.6 is 27.3 Å². The average molecular weight is 462 g/mol. The molecule has 0 aliphatic heterocycles. The number of ether oxygens (including phenoxy) is 1. The highest BCUT2D eigenvalue weighted by atomic mass is 79.9. The maximum Gasteiger partial charge on any atom is 0.338 e. The molecule has 2 aromatic carbocycles. The van der Waals surface area contributed by atoms with Crippen molar-refractivity contribution < 1.29 is 19.2 Å². The third-order valence-corrected chi connectivity index (χ3v) is 4.96. The van der Waals surface area contributed by atoms with Gasteiger partial charge in [0.15, 0.2) is 5.13 Å². The van der Waals surface area contributed by atoms with E-state index in [4.69, 9.17) is 0 Å². The summed E-state index contributed by atoms with van der Waals surface area (Å²) >= 11 is 4.58. The maximum absolute atomic E-state index is 12.5. The van der Waals surface area contributed by atoms with E-state index in [2.05, 4.69) is 31.0 Å². The molecule has 0 atom stereocenters. The Balaban J connectivity index is 1.85. The Kier molecular flexibility index (Phi) is 5.81. The number of nitro groups is 1. The number of nitro benzene ring substituents is 1. The molecule has 0 aliphatic rings. The van der Waals surface area contributed by atoms with Crippen molar-refractivity contribution >= 4 is 50.0 Å². The molecule has 0 unspecified atom stereocenters. The number of hydrogen-bond acceptors (Lipinski definition) is 7. The van der Waals surface area contributed by atoms with Crippen molar-refractivity contribution in [1.82, 2.24) is 4.98 Å². The molecule has 0 aliphatic carbocycles. The zero-order chi connectivity index (χ0) is 20.3. The molecule has 28 heavy (non-hydrogen) atoms. The van der Waals surface area contributed by atoms with E-state index in [-0.39, 0.29) is 16.8 Å². The zero-order valence-electron chi connectivity index (χ0n) is 14.3. The maximum atomic E-state index is 12.5. The van der Waals surface area contributed by atoms with Gasteiger partial charge >= 0.3 is 5.97 Å². The minimum Gasteiger partial charge on any atom is -0.465 e. The van der Waals surface area contributed by atoms with Crippen LogP contribution in [-0.4, -0.2) is 28.9 Å². The molecule has 0 spiro atoms. The van der Waals surface area contributed by atoms with E-state index in [0.717, 1.165) is 29.3 Å². The molecule has 142 valence electrons. The van der Waals surface area contributed by atoms with Gasteiger partial charge in [-0.25, -0.2) is 9.78 Å². The standard InChI is InChI=1S/C18H12BrN3O5S/c1-27-17(24)12-6-11(7-14(8-12)22(25)26)16(23)21-18-20-15(9-28-18)10-2-4-13(19)5-3-10/h2-9H,1H3,(H,20,21,23). The number of esters is 1. The Morgan fingerprint density at radius 3 is 2.50 bits per heavy atom. The Bertz CT molecular complexity index is 1070. The number of anilines is 1. The lowest BCUT2D eigenvalue weighted by atomic mass is 10.1. The number of thiazole rings is 1. The molecule has 0 fully saturated rings. The van der Waals surface area contributed by atoms with Crippen LogP contribution in [0.4, 0.5) is 10.8 Å². The van der Waals surface area contributed by atoms with Crippen LogP contribution in [0.1, 0.15) is 20.7 Å². The second-order valence-corrected chi connectivity index (χ2v) is 7.29. The lowest BCUT2D eigenvalue weighted by molar-refractivity contribution is -0.384. The van der Waals surface area contributed by atoms with Gasteiger partial charge in [0.25, 0.3) is 11.6 Å². The third kappa shape index (κ3) is 4.41. The number of methoxy groups -OCH3 is 1. The van der Waals surface area contributed by atoms with Crippen LogP contribution < -0.4 is 5.32 Å². The summed E-state index contributed by atoms with van der Waals surface area (Å²) in [6.07, 6.45) is 0. The fourth-order valence-corrected chi connectivity index (χ4v) is 3.32. The Morgan fingerprint density at radius 2 is 1.86 bits per heavy atom. The summed E-state index contributed by atoms with van der Waals surface area (Å²) in [6.45, 7) is 0. The van der Waals surface area contributed by atoms with Gasteiger partial charge in [-0.3, -0.25) is 20.2 Å². The first-order valence-corrected chi connectivity index (χ1v) is 9.45. The van der Waals surface area contributed by atoms with Crippen molar-refractivity contribution in [2.75, 3.05) is 12.4 Å². The number of carbonyl (C=O) groups is 2. The normalized spacial score (nSPS) is 10.4. The van der Waals surface area contributed by atoms with E-state index in [1.807, 2.05) is 24.3 Å². The third-order valence-electron chi connectivity index (χ3n) is 3.68. The molecule has 1 amide bonds. The van der Waals surface area contributed by atoms with Crippen LogP contribution in [0.5, 0.6) is 0 Å². The minimum atomic E-state index is -0.774. The highest BCUT2D eigenvalue weighted by molar-refractivity contribution is 9.10. The first-order chi connectivity index (χ1) is 13.4. The number of nitrogens with zero attached hydrogens (tertiary/aromatic N) is 2. The fraction of sp³-hybridized carbons (Fsp3) is 0.0556. The smallest absolute Gasteiger partial charge is 0.338 e. The number of amides is 1. The van der Waals surface area contributed by atoms with Crippen molar-refractivity contribution in [3.8, 4) is 11.3 Å². The second kappa shape index (κ2) is 8.28. The molecule has 0 saturated carbocycles. The SMILES string of the molecule is COC(=O)c1cc(C(=O)Nc2nc(-c3ccc(Br)cc3)cs2)cc([N+](=O)[O-])c1. The van der Waals surface area contributed by atoms with Crippen LogP contribution in [-0.2, 0) is 4.74 Å². The molecule has 0 bridgehead atoms. The van der Waals surface area contributed by atoms with Gasteiger partial charge in [-0.15, -0.1) is 11.3 Å². The Labute approximate surface area is 171 Å². The van der Waals surface area contributed by atoms with Crippen molar-refractivity contribution in [3.05, 3.63) is 73.6 Å². The quantitative estimate of drug-likeness (QED) is 0.339. The van der Waals surface area contributed by atoms with Crippen LogP contribution in [0.3, 0.4) is 0 Å². The molecular formula is C18H12BrN3O5S. The van der Waals surface area contributed by atoms with Crippen molar-refractivity contribution in [2.24, 2.45) is 0 Å². The van der Waals surface area contributed by atoms with E-state index in [0.29, 0.717) is 10.8 Å². The molecule has 10 heteroatoms. The number of nitrogens with one attached hydrogen (secondary N) is 1. The lowest BCUT2D eigenvalue weighted by Crippen LogP contribution is -2.13. The van der Waals surface area contributed by atoms with Crippen LogP contribution in [0.2, 0.25) is 0 Å². The summed E-state index contributed by atoms with van der Waals surface area (Å²) < 4.78 is 5.51. The largest absolute Gasteiger partial charge is 0.465 e. The van der Waals surface area contributed by atoms with E-state index < -0.39 is 16.8 Å². The average Bonchev–Trinajstić information content (AvgIpc) is 3.15. The summed E-state index contributed by atoms with van der Waals surface area (Å²) in [5, 5.41) is 15.8. The molecule has 3 aromatic rings. The lowest BCUT2D eigenvalue weighted by Gasteiger charge is -2.05. The first kappa shape index (κ1) is 19.6. The summed E-state index contributed by atoms with van der Waals surface area (Å²) in [6, 6.07) is 10.9. The van der Waals surface area contributed by atoms with Crippen LogP contribution in [0.25, 0.3) is 11.3 Å². The minimum absolute atomic E-state index is 0.0463. The van der Waals surface area contributed by atoms with E-state index >= 15 is 0 Å². The van der Waals surface area contributed by atoms with Gasteiger partial charge in [-0.1, -0.05) is 28.1 Å². The predicted molar refractivity (Wildman–Crippen MR) is 108 cm³/mol. The van der Waals surface area contributed by atoms with Crippen molar-refractivity contribution in [3.63, 3.8) is 0 Å². The number of hydrogen-bond donors (Lipinski definition) is 1. The van der Waals surface area contributed by atoms with Gasteiger partial charge in [0.2, 0.25) is 0 Å². The predicted octanol–water partition coefficient (Wildman–Crippen LogP) is 4.52. The highest BCUT2D eigenvalue weighted by Gasteiger charge is 2.19. The first-order valence-electron chi connectivity index (χ1n) is 7.78. The van der Waals surface area contributed by atoms with Gasteiger partial charge in [0, 0.05) is 33.1 Å². The summed E-state index contributed by atoms with van der Waals surface area (Å²) in [4.78, 5) is 39.0. The molecule has 8 nitrogen and oxygen atoms in total. The molecule has 3 rings (SSSR count). The second-order valence-electron chi connectivity index (χ2n) is 5.52. The summed E-state index contributed by atoms with van der Waals surface area (Å²) in [5.74, 6) is -1.39. The van der Waals surface area contributed by atoms with Gasteiger partial charge < -0.3 is 4.74 Å². The fourth-order valence-electron chi connectivity index (χ4n) is 2.34. The van der Waals surface area contributed by atoms with Gasteiger partial charge in [-0.2, -0.15) is 0 Å². The summed E-state index contributed by atoms with van der Waals surface area (Å²) in [7, 11) is 1.15. The highest BCUT2D eigenvalue weighted by Crippen LogP contribution is 2.27. The van der Waals surface area contributed by atoms with Crippen LogP contribution in [0.15, 0.2) is 52.3 Å². The topological polar surface area (TPSA) is 111 Å². The monoisotopic (exact) mass is 461 g/mol. The molecule has 1 N–H and O–H groups in total.